The highest BCUT2D eigenvalue weighted by atomic mass is 35.5. The summed E-state index contributed by atoms with van der Waals surface area (Å²) in [7, 11) is 0. The van der Waals surface area contributed by atoms with Gasteiger partial charge in [-0.3, -0.25) is 19.8 Å². The van der Waals surface area contributed by atoms with Crippen LogP contribution in [0.5, 0.6) is 17.2 Å². The van der Waals surface area contributed by atoms with Crippen LogP contribution in [0.15, 0.2) is 60.2 Å². The van der Waals surface area contributed by atoms with Crippen LogP contribution in [0.3, 0.4) is 0 Å². The smallest absolute Gasteiger partial charge is 0.331 e. The van der Waals surface area contributed by atoms with E-state index in [9.17, 15) is 18.8 Å². The first kappa shape index (κ1) is 29.9. The van der Waals surface area contributed by atoms with E-state index in [4.69, 9.17) is 37.4 Å². The summed E-state index contributed by atoms with van der Waals surface area (Å²) >= 11 is 12.6. The van der Waals surface area contributed by atoms with Crippen LogP contribution >= 0.6 is 23.2 Å². The molecule has 4 amide bonds. The van der Waals surface area contributed by atoms with Crippen molar-refractivity contribution in [1.29, 1.82) is 0 Å². The molecule has 214 valence electrons. The number of carbonyl (C=O) groups is 3. The number of ether oxygens (including phenoxy) is 3. The highest BCUT2D eigenvalue weighted by Gasteiger charge is 2.36. The molecule has 0 spiro atoms. The number of hydrogen-bond donors (Lipinski definition) is 1. The Kier molecular flexibility index (Phi) is 9.86. The Morgan fingerprint density at radius 3 is 2.46 bits per heavy atom. The van der Waals surface area contributed by atoms with Gasteiger partial charge in [-0.05, 0) is 55.3 Å². The lowest BCUT2D eigenvalue weighted by atomic mass is 10.1. The number of amides is 4. The van der Waals surface area contributed by atoms with E-state index in [0.717, 1.165) is 11.3 Å². The number of rotatable bonds is 11. The summed E-state index contributed by atoms with van der Waals surface area (Å²) in [5.74, 6) is -1.10. The highest BCUT2D eigenvalue weighted by molar-refractivity contribution is 6.36. The maximum absolute atomic E-state index is 14.1. The summed E-state index contributed by atoms with van der Waals surface area (Å²) in [6.07, 6.45) is 2.05. The minimum Gasteiger partial charge on any atom is -0.490 e. The molecule has 0 aliphatic carbocycles. The number of nitrogens with one attached hydrogen (secondary N) is 1. The average molecular weight is 601 g/mol. The second-order valence-corrected chi connectivity index (χ2v) is 9.80. The molecule has 0 atom stereocenters. The Morgan fingerprint density at radius 2 is 1.73 bits per heavy atom. The lowest BCUT2D eigenvalue weighted by molar-refractivity contribution is -0.130. The molecule has 0 saturated carbocycles. The summed E-state index contributed by atoms with van der Waals surface area (Å²) < 4.78 is 31.3. The first-order valence-corrected chi connectivity index (χ1v) is 13.6. The molecule has 0 unspecified atom stereocenters. The van der Waals surface area contributed by atoms with Crippen LogP contribution in [0.1, 0.15) is 37.0 Å². The van der Waals surface area contributed by atoms with Crippen LogP contribution in [0.25, 0.3) is 6.08 Å². The molecule has 1 fully saturated rings. The third-order valence-electron chi connectivity index (χ3n) is 5.96. The van der Waals surface area contributed by atoms with Crippen molar-refractivity contribution < 1.29 is 33.0 Å². The van der Waals surface area contributed by atoms with E-state index in [-0.39, 0.29) is 45.6 Å². The molecular weight excluding hydrogens is 574 g/mol. The zero-order valence-corrected chi connectivity index (χ0v) is 23.9. The van der Waals surface area contributed by atoms with Crippen molar-refractivity contribution in [3.63, 3.8) is 0 Å². The minimum atomic E-state index is -0.897. The molecule has 1 aliphatic heterocycles. The standard InChI is InChI=1S/C30H27Cl2FN2O6/c1-3-11-40-25-10-9-18(12-26(25)39-4-2)16-35-29(37)22(28(36)34-30(35)38)14-20-13-21(31)15-23(32)27(20)41-17-19-7-5-6-8-24(19)33/h5-10,12-15H,3-4,11,16-17H2,1-2H3,(H,34,36,38)/b22-14+. The van der Waals surface area contributed by atoms with Gasteiger partial charge in [0.15, 0.2) is 11.5 Å². The Bertz CT molecular complexity index is 1510. The van der Waals surface area contributed by atoms with Gasteiger partial charge in [-0.2, -0.15) is 0 Å². The van der Waals surface area contributed by atoms with Gasteiger partial charge in [0, 0.05) is 16.1 Å². The lowest BCUT2D eigenvalue weighted by Crippen LogP contribution is -2.53. The fourth-order valence-electron chi connectivity index (χ4n) is 4.03. The summed E-state index contributed by atoms with van der Waals surface area (Å²) in [6, 6.07) is 13.2. The van der Waals surface area contributed by atoms with Gasteiger partial charge in [-0.25, -0.2) is 9.18 Å². The SMILES string of the molecule is CCCOc1ccc(CN2C(=O)NC(=O)/C(=C\c3cc(Cl)cc(Cl)c3OCc3ccccc3F)C2=O)cc1OCC. The first-order chi connectivity index (χ1) is 19.7. The third kappa shape index (κ3) is 7.17. The van der Waals surface area contributed by atoms with Crippen LogP contribution in [-0.4, -0.2) is 36.0 Å². The number of imide groups is 2. The van der Waals surface area contributed by atoms with Crippen molar-refractivity contribution in [3.05, 3.63) is 92.7 Å². The quantitative estimate of drug-likeness (QED) is 0.198. The van der Waals surface area contributed by atoms with E-state index in [1.165, 1.54) is 24.3 Å². The number of hydrogen-bond acceptors (Lipinski definition) is 6. The Balaban J connectivity index is 1.63. The molecule has 8 nitrogen and oxygen atoms in total. The number of benzene rings is 3. The van der Waals surface area contributed by atoms with Crippen molar-refractivity contribution >= 4 is 47.1 Å². The number of barbiturate groups is 1. The number of carbonyl (C=O) groups excluding carboxylic acids is 3. The number of nitrogens with zero attached hydrogens (tertiary/aromatic N) is 1. The zero-order valence-electron chi connectivity index (χ0n) is 22.3. The van der Waals surface area contributed by atoms with E-state index in [1.54, 1.807) is 36.4 Å². The van der Waals surface area contributed by atoms with Crippen LogP contribution in [-0.2, 0) is 22.7 Å². The number of urea groups is 1. The maximum atomic E-state index is 14.1. The van der Waals surface area contributed by atoms with Gasteiger partial charge in [0.25, 0.3) is 11.8 Å². The van der Waals surface area contributed by atoms with Gasteiger partial charge in [-0.1, -0.05) is 54.4 Å². The van der Waals surface area contributed by atoms with E-state index in [0.29, 0.717) is 30.3 Å². The van der Waals surface area contributed by atoms with Gasteiger partial charge in [0.2, 0.25) is 0 Å². The molecule has 3 aromatic carbocycles. The van der Waals surface area contributed by atoms with Gasteiger partial charge in [0.05, 0.1) is 24.8 Å². The van der Waals surface area contributed by atoms with Crippen molar-refractivity contribution in [3.8, 4) is 17.2 Å². The van der Waals surface area contributed by atoms with Crippen molar-refractivity contribution in [1.82, 2.24) is 10.2 Å². The van der Waals surface area contributed by atoms with E-state index in [2.05, 4.69) is 5.32 Å². The molecule has 1 aliphatic rings. The highest BCUT2D eigenvalue weighted by Crippen LogP contribution is 2.35. The summed E-state index contributed by atoms with van der Waals surface area (Å²) in [5, 5.41) is 2.49. The molecule has 0 radical (unpaired) electrons. The lowest BCUT2D eigenvalue weighted by Gasteiger charge is -2.27. The summed E-state index contributed by atoms with van der Waals surface area (Å²) in [6.45, 7) is 4.39. The van der Waals surface area contributed by atoms with Crippen molar-refractivity contribution in [2.75, 3.05) is 13.2 Å². The first-order valence-electron chi connectivity index (χ1n) is 12.8. The van der Waals surface area contributed by atoms with Gasteiger partial charge in [-0.15, -0.1) is 0 Å². The largest absolute Gasteiger partial charge is 0.490 e. The van der Waals surface area contributed by atoms with Gasteiger partial charge < -0.3 is 14.2 Å². The average Bonchev–Trinajstić information content (AvgIpc) is 2.93. The molecule has 1 heterocycles. The predicted octanol–water partition coefficient (Wildman–Crippen LogP) is 6.56. The molecule has 0 aromatic heterocycles. The molecule has 1 N–H and O–H groups in total. The van der Waals surface area contributed by atoms with E-state index < -0.39 is 23.7 Å². The van der Waals surface area contributed by atoms with Crippen LogP contribution in [0.4, 0.5) is 9.18 Å². The minimum absolute atomic E-state index is 0.0832. The maximum Gasteiger partial charge on any atom is 0.331 e. The fourth-order valence-corrected chi connectivity index (χ4v) is 4.59. The third-order valence-corrected chi connectivity index (χ3v) is 6.46. The molecule has 3 aromatic rings. The Labute approximate surface area is 246 Å². The topological polar surface area (TPSA) is 94.2 Å². The molecule has 1 saturated heterocycles. The Hall–Kier alpha value is -4.08. The molecule has 4 rings (SSSR count). The zero-order chi connectivity index (χ0) is 29.5. The van der Waals surface area contributed by atoms with Crippen molar-refractivity contribution in [2.45, 2.75) is 33.4 Å². The van der Waals surface area contributed by atoms with Gasteiger partial charge in [0.1, 0.15) is 23.7 Å². The van der Waals surface area contributed by atoms with Crippen LogP contribution in [0.2, 0.25) is 10.0 Å². The summed E-state index contributed by atoms with van der Waals surface area (Å²) in [5.41, 5.74) is 0.710. The predicted molar refractivity (Wildman–Crippen MR) is 153 cm³/mol. The molecule has 41 heavy (non-hydrogen) atoms. The summed E-state index contributed by atoms with van der Waals surface area (Å²) in [4.78, 5) is 39.8. The van der Waals surface area contributed by atoms with E-state index >= 15 is 0 Å². The molecule has 11 heteroatoms. The normalized spacial score (nSPS) is 14.3. The Morgan fingerprint density at radius 1 is 0.951 bits per heavy atom. The molecule has 0 bridgehead atoms. The fraction of sp³-hybridized carbons (Fsp3) is 0.233. The second kappa shape index (κ2) is 13.5. The van der Waals surface area contributed by atoms with E-state index in [1.807, 2.05) is 13.8 Å². The second-order valence-electron chi connectivity index (χ2n) is 8.96. The van der Waals surface area contributed by atoms with Crippen LogP contribution < -0.4 is 19.5 Å². The van der Waals surface area contributed by atoms with Crippen molar-refractivity contribution in [2.24, 2.45) is 0 Å². The monoisotopic (exact) mass is 600 g/mol. The van der Waals surface area contributed by atoms with Gasteiger partial charge >= 0.3 is 6.03 Å². The van der Waals surface area contributed by atoms with Crippen LogP contribution in [0, 0.1) is 5.82 Å². The number of halogens is 3. The molecular formula is C30H27Cl2FN2O6.